The van der Waals surface area contributed by atoms with Crippen LogP contribution in [0.15, 0.2) is 30.5 Å². The van der Waals surface area contributed by atoms with Gasteiger partial charge < -0.3 is 0 Å². The molecule has 6 heteroatoms. The van der Waals surface area contributed by atoms with Crippen molar-refractivity contribution in [3.63, 3.8) is 0 Å². The Morgan fingerprint density at radius 2 is 1.89 bits per heavy atom. The van der Waals surface area contributed by atoms with Gasteiger partial charge in [0.1, 0.15) is 5.69 Å². The number of H-pyrrole nitrogens is 1. The molecule has 2 rings (SSSR count). The van der Waals surface area contributed by atoms with Gasteiger partial charge in [0.25, 0.3) is 0 Å². The van der Waals surface area contributed by atoms with Crippen LogP contribution < -0.4 is 0 Å². The van der Waals surface area contributed by atoms with Crippen LogP contribution in [-0.4, -0.2) is 16.0 Å². The van der Waals surface area contributed by atoms with Crippen molar-refractivity contribution in [2.75, 3.05) is 0 Å². The molecule has 1 aromatic heterocycles. The zero-order valence-electron chi connectivity index (χ0n) is 10.1. The molecule has 0 bridgehead atoms. The van der Waals surface area contributed by atoms with Crippen LogP contribution in [0.5, 0.6) is 0 Å². The van der Waals surface area contributed by atoms with Crippen molar-refractivity contribution in [1.82, 2.24) is 10.2 Å². The Kier molecular flexibility index (Phi) is 3.42. The van der Waals surface area contributed by atoms with Crippen LogP contribution in [-0.2, 0) is 12.6 Å². The van der Waals surface area contributed by atoms with Gasteiger partial charge in [-0.3, -0.25) is 9.89 Å². The number of aromatic amines is 1. The van der Waals surface area contributed by atoms with E-state index < -0.39 is 11.9 Å². The number of aromatic nitrogens is 2. The van der Waals surface area contributed by atoms with E-state index in [9.17, 15) is 18.0 Å². The Balaban J connectivity index is 2.22. The van der Waals surface area contributed by atoms with Gasteiger partial charge in [-0.2, -0.15) is 18.3 Å². The van der Waals surface area contributed by atoms with E-state index in [4.69, 9.17) is 0 Å². The van der Waals surface area contributed by atoms with E-state index in [1.54, 1.807) is 24.3 Å². The molecule has 1 N–H and O–H groups in total. The summed E-state index contributed by atoms with van der Waals surface area (Å²) in [4.78, 5) is 11.1. The summed E-state index contributed by atoms with van der Waals surface area (Å²) in [5.74, 6) is -0.0779. The van der Waals surface area contributed by atoms with E-state index in [0.717, 1.165) is 0 Å². The fraction of sp³-hybridized carbons (Fsp3) is 0.231. The highest BCUT2D eigenvalue weighted by atomic mass is 19.4. The minimum absolute atomic E-state index is 0.0779. The van der Waals surface area contributed by atoms with Crippen molar-refractivity contribution in [2.45, 2.75) is 19.5 Å². The van der Waals surface area contributed by atoms with Gasteiger partial charge in [0.15, 0.2) is 5.78 Å². The van der Waals surface area contributed by atoms with Crippen molar-refractivity contribution >= 4 is 5.78 Å². The number of alkyl halides is 3. The number of carbonyl (C=O) groups is 1. The topological polar surface area (TPSA) is 45.8 Å². The van der Waals surface area contributed by atoms with E-state index in [2.05, 4.69) is 5.10 Å². The monoisotopic (exact) mass is 268 g/mol. The van der Waals surface area contributed by atoms with E-state index in [1.165, 1.54) is 13.1 Å². The number of halogens is 3. The highest BCUT2D eigenvalue weighted by Gasteiger charge is 2.35. The lowest BCUT2D eigenvalue weighted by molar-refractivity contribution is -0.141. The lowest BCUT2D eigenvalue weighted by Crippen LogP contribution is -2.09. The van der Waals surface area contributed by atoms with Gasteiger partial charge >= 0.3 is 6.18 Å². The second-order valence-corrected chi connectivity index (χ2v) is 4.20. The number of hydrogen-bond acceptors (Lipinski definition) is 2. The molecular formula is C13H11F3N2O. The Bertz CT molecular complexity index is 585. The fourth-order valence-electron chi connectivity index (χ4n) is 1.77. The number of benzene rings is 1. The molecular weight excluding hydrogens is 257 g/mol. The maximum absolute atomic E-state index is 12.6. The Morgan fingerprint density at radius 3 is 2.42 bits per heavy atom. The summed E-state index contributed by atoms with van der Waals surface area (Å²) >= 11 is 0. The highest BCUT2D eigenvalue weighted by molar-refractivity contribution is 5.94. The van der Waals surface area contributed by atoms with Crippen molar-refractivity contribution in [3.8, 4) is 0 Å². The standard InChI is InChI=1S/C13H11F3N2O/c1-8(19)10-4-2-9(3-5-10)6-11-7-17-18-12(11)13(14,15)16/h2-5,7H,6H2,1H3,(H,17,18). The highest BCUT2D eigenvalue weighted by Crippen LogP contribution is 2.31. The molecule has 0 atom stereocenters. The van der Waals surface area contributed by atoms with Crippen molar-refractivity contribution in [1.29, 1.82) is 0 Å². The summed E-state index contributed by atoms with van der Waals surface area (Å²) in [7, 11) is 0. The molecule has 0 amide bonds. The average molecular weight is 268 g/mol. The zero-order valence-corrected chi connectivity index (χ0v) is 10.1. The maximum atomic E-state index is 12.6. The predicted molar refractivity (Wildman–Crippen MR) is 62.8 cm³/mol. The third-order valence-corrected chi connectivity index (χ3v) is 2.76. The lowest BCUT2D eigenvalue weighted by Gasteiger charge is -2.07. The van der Waals surface area contributed by atoms with E-state index in [1.807, 2.05) is 5.10 Å². The van der Waals surface area contributed by atoms with Gasteiger partial charge in [-0.15, -0.1) is 0 Å². The Morgan fingerprint density at radius 1 is 1.26 bits per heavy atom. The van der Waals surface area contributed by atoms with E-state index >= 15 is 0 Å². The van der Waals surface area contributed by atoms with Crippen molar-refractivity contribution in [2.24, 2.45) is 0 Å². The SMILES string of the molecule is CC(=O)c1ccc(Cc2cn[nH]c2C(F)(F)F)cc1. The van der Waals surface area contributed by atoms with Gasteiger partial charge in [0.2, 0.25) is 0 Å². The minimum Gasteiger partial charge on any atom is -0.295 e. The molecule has 0 saturated heterocycles. The molecule has 19 heavy (non-hydrogen) atoms. The molecule has 1 aromatic carbocycles. The first kappa shape index (κ1) is 13.3. The molecule has 100 valence electrons. The first-order chi connectivity index (χ1) is 8.88. The van der Waals surface area contributed by atoms with Crippen molar-refractivity contribution < 1.29 is 18.0 Å². The summed E-state index contributed by atoms with van der Waals surface area (Å²) in [5.41, 5.74) is 0.482. The van der Waals surface area contributed by atoms with Gasteiger partial charge in [-0.25, -0.2) is 0 Å². The predicted octanol–water partition coefficient (Wildman–Crippen LogP) is 3.22. The minimum atomic E-state index is -4.44. The third-order valence-electron chi connectivity index (χ3n) is 2.76. The van der Waals surface area contributed by atoms with Crippen LogP contribution in [0.25, 0.3) is 0 Å². The average Bonchev–Trinajstić information content (AvgIpc) is 2.77. The molecule has 3 nitrogen and oxygen atoms in total. The zero-order chi connectivity index (χ0) is 14.0. The summed E-state index contributed by atoms with van der Waals surface area (Å²) in [6.45, 7) is 1.44. The third kappa shape index (κ3) is 3.01. The van der Waals surface area contributed by atoms with Crippen LogP contribution in [0.4, 0.5) is 13.2 Å². The smallest absolute Gasteiger partial charge is 0.295 e. The first-order valence-corrected chi connectivity index (χ1v) is 5.57. The molecule has 0 radical (unpaired) electrons. The number of hydrogen-bond donors (Lipinski definition) is 1. The molecule has 0 aliphatic heterocycles. The van der Waals surface area contributed by atoms with Gasteiger partial charge in [0, 0.05) is 17.5 Å². The largest absolute Gasteiger partial charge is 0.433 e. The summed E-state index contributed by atoms with van der Waals surface area (Å²) in [5, 5.41) is 5.40. The first-order valence-electron chi connectivity index (χ1n) is 5.57. The van der Waals surface area contributed by atoms with E-state index in [-0.39, 0.29) is 17.8 Å². The van der Waals surface area contributed by atoms with Gasteiger partial charge in [0.05, 0.1) is 6.20 Å². The molecule has 0 fully saturated rings. The van der Waals surface area contributed by atoms with Crippen LogP contribution in [0.2, 0.25) is 0 Å². The van der Waals surface area contributed by atoms with Crippen molar-refractivity contribution in [3.05, 3.63) is 52.8 Å². The summed E-state index contributed by atoms with van der Waals surface area (Å²) in [6, 6.07) is 6.49. The van der Waals surface area contributed by atoms with Crippen LogP contribution in [0.3, 0.4) is 0 Å². The second kappa shape index (κ2) is 4.87. The van der Waals surface area contributed by atoms with Crippen LogP contribution in [0.1, 0.15) is 34.1 Å². The molecule has 0 spiro atoms. The summed E-state index contributed by atoms with van der Waals surface area (Å²) in [6.07, 6.45) is -3.16. The Labute approximate surface area is 107 Å². The molecule has 1 heterocycles. The number of Topliss-reactive ketones (excluding diaryl/α,β-unsaturated/α-hetero) is 1. The number of ketones is 1. The molecule has 0 saturated carbocycles. The maximum Gasteiger partial charge on any atom is 0.433 e. The second-order valence-electron chi connectivity index (χ2n) is 4.20. The molecule has 0 aliphatic rings. The van der Waals surface area contributed by atoms with Crippen LogP contribution >= 0.6 is 0 Å². The fourth-order valence-corrected chi connectivity index (χ4v) is 1.77. The lowest BCUT2D eigenvalue weighted by atomic mass is 10.0. The Hall–Kier alpha value is -2.11. The van der Waals surface area contributed by atoms with E-state index in [0.29, 0.717) is 11.1 Å². The molecule has 0 aliphatic carbocycles. The molecule has 2 aromatic rings. The molecule has 0 unspecified atom stereocenters. The number of nitrogens with one attached hydrogen (secondary N) is 1. The number of rotatable bonds is 3. The summed E-state index contributed by atoms with van der Waals surface area (Å²) < 4.78 is 37.9. The number of carbonyl (C=O) groups excluding carboxylic acids is 1. The number of nitrogens with zero attached hydrogens (tertiary/aromatic N) is 1. The van der Waals surface area contributed by atoms with Crippen LogP contribution in [0, 0.1) is 0 Å². The van der Waals surface area contributed by atoms with Gasteiger partial charge in [-0.05, 0) is 12.5 Å². The van der Waals surface area contributed by atoms with Gasteiger partial charge in [-0.1, -0.05) is 24.3 Å². The quantitative estimate of drug-likeness (QED) is 0.869. The normalized spacial score (nSPS) is 11.6.